The Morgan fingerprint density at radius 3 is 2.32 bits per heavy atom. The summed E-state index contributed by atoms with van der Waals surface area (Å²) < 4.78 is 11.6. The molecule has 0 atom stereocenters. The van der Waals surface area contributed by atoms with Crippen molar-refractivity contribution in [3.05, 3.63) is 34.4 Å². The van der Waals surface area contributed by atoms with Gasteiger partial charge in [-0.1, -0.05) is 0 Å². The number of benzene rings is 1. The first kappa shape index (κ1) is 14.7. The van der Waals surface area contributed by atoms with Crippen LogP contribution in [0.2, 0.25) is 0 Å². The van der Waals surface area contributed by atoms with Crippen molar-refractivity contribution in [2.24, 2.45) is 0 Å². The lowest BCUT2D eigenvalue weighted by Crippen LogP contribution is -2.01. The van der Waals surface area contributed by atoms with Gasteiger partial charge in [0.15, 0.2) is 11.5 Å². The van der Waals surface area contributed by atoms with Crippen LogP contribution >= 0.6 is 22.6 Å². The fourth-order valence-corrected chi connectivity index (χ4v) is 2.24. The Hall–Kier alpha value is -2.23. The number of aromatic nitrogens is 4. The van der Waals surface area contributed by atoms with Gasteiger partial charge in [-0.15, -0.1) is 0 Å². The number of fused-ring (bicyclic) bond motifs is 1. The SMILES string of the molecule is COc1cc2ncnc(Nc3ncc(I)cn3)c2cc1OC. The van der Waals surface area contributed by atoms with E-state index in [9.17, 15) is 0 Å². The first-order valence-electron chi connectivity index (χ1n) is 6.32. The van der Waals surface area contributed by atoms with Gasteiger partial charge in [-0.05, 0) is 28.7 Å². The maximum atomic E-state index is 5.32. The van der Waals surface area contributed by atoms with Crippen LogP contribution in [0.4, 0.5) is 11.8 Å². The highest BCUT2D eigenvalue weighted by atomic mass is 127. The lowest BCUT2D eigenvalue weighted by molar-refractivity contribution is 0.356. The summed E-state index contributed by atoms with van der Waals surface area (Å²) in [5.41, 5.74) is 0.737. The smallest absolute Gasteiger partial charge is 0.228 e. The third-order valence-electron chi connectivity index (χ3n) is 2.99. The van der Waals surface area contributed by atoms with Crippen LogP contribution in [-0.2, 0) is 0 Å². The van der Waals surface area contributed by atoms with Crippen molar-refractivity contribution in [1.29, 1.82) is 0 Å². The molecule has 112 valence electrons. The number of methoxy groups -OCH3 is 2. The molecule has 0 aliphatic rings. The summed E-state index contributed by atoms with van der Waals surface area (Å²) in [4.78, 5) is 16.9. The molecule has 1 N–H and O–H groups in total. The topological polar surface area (TPSA) is 82.1 Å². The largest absolute Gasteiger partial charge is 0.493 e. The minimum atomic E-state index is 0.468. The molecule has 2 aromatic heterocycles. The molecule has 7 nitrogen and oxygen atoms in total. The summed E-state index contributed by atoms with van der Waals surface area (Å²) in [6.45, 7) is 0. The minimum absolute atomic E-state index is 0.468. The molecular formula is C14H12IN5O2. The predicted molar refractivity (Wildman–Crippen MR) is 90.7 cm³/mol. The highest BCUT2D eigenvalue weighted by Crippen LogP contribution is 2.33. The van der Waals surface area contributed by atoms with E-state index in [-0.39, 0.29) is 0 Å². The zero-order valence-electron chi connectivity index (χ0n) is 11.9. The highest BCUT2D eigenvalue weighted by molar-refractivity contribution is 14.1. The molecule has 0 aliphatic heterocycles. The Balaban J connectivity index is 2.07. The van der Waals surface area contributed by atoms with Gasteiger partial charge in [-0.3, -0.25) is 0 Å². The Morgan fingerprint density at radius 2 is 1.64 bits per heavy atom. The molecule has 8 heteroatoms. The van der Waals surface area contributed by atoms with Crippen LogP contribution in [-0.4, -0.2) is 34.2 Å². The number of nitrogens with one attached hydrogen (secondary N) is 1. The molecule has 0 radical (unpaired) electrons. The number of ether oxygens (including phenoxy) is 2. The summed E-state index contributed by atoms with van der Waals surface area (Å²) in [6.07, 6.45) is 4.93. The predicted octanol–water partition coefficient (Wildman–Crippen LogP) is 2.79. The Kier molecular flexibility index (Phi) is 4.18. The van der Waals surface area contributed by atoms with Gasteiger partial charge >= 0.3 is 0 Å². The van der Waals surface area contributed by atoms with E-state index in [1.54, 1.807) is 32.7 Å². The van der Waals surface area contributed by atoms with E-state index in [1.807, 2.05) is 6.07 Å². The van der Waals surface area contributed by atoms with E-state index in [0.717, 1.165) is 14.5 Å². The maximum Gasteiger partial charge on any atom is 0.228 e. The fraction of sp³-hybridized carbons (Fsp3) is 0.143. The molecule has 3 rings (SSSR count). The van der Waals surface area contributed by atoms with Crippen molar-refractivity contribution in [2.45, 2.75) is 0 Å². The van der Waals surface area contributed by atoms with Gasteiger partial charge in [0.25, 0.3) is 0 Å². The van der Waals surface area contributed by atoms with E-state index >= 15 is 0 Å². The molecule has 2 heterocycles. The van der Waals surface area contributed by atoms with Crippen LogP contribution in [0, 0.1) is 3.57 Å². The fourth-order valence-electron chi connectivity index (χ4n) is 1.97. The van der Waals surface area contributed by atoms with Gasteiger partial charge in [0, 0.05) is 27.4 Å². The molecule has 0 aliphatic carbocycles. The summed E-state index contributed by atoms with van der Waals surface area (Å²) in [5.74, 6) is 2.30. The number of hydrogen-bond donors (Lipinski definition) is 1. The van der Waals surface area contributed by atoms with Crippen LogP contribution in [0.3, 0.4) is 0 Å². The van der Waals surface area contributed by atoms with Gasteiger partial charge in [0.2, 0.25) is 5.95 Å². The molecular weight excluding hydrogens is 397 g/mol. The number of anilines is 2. The summed E-state index contributed by atoms with van der Waals surface area (Å²) in [6, 6.07) is 3.62. The average Bonchev–Trinajstić information content (AvgIpc) is 2.56. The summed E-state index contributed by atoms with van der Waals surface area (Å²) in [7, 11) is 3.17. The van der Waals surface area contributed by atoms with Gasteiger partial charge in [-0.25, -0.2) is 19.9 Å². The quantitative estimate of drug-likeness (QED) is 0.664. The van der Waals surface area contributed by atoms with Crippen molar-refractivity contribution in [3.8, 4) is 11.5 Å². The first-order valence-corrected chi connectivity index (χ1v) is 7.40. The van der Waals surface area contributed by atoms with Crippen molar-refractivity contribution < 1.29 is 9.47 Å². The molecule has 3 aromatic rings. The van der Waals surface area contributed by atoms with Crippen molar-refractivity contribution in [1.82, 2.24) is 19.9 Å². The second kappa shape index (κ2) is 6.26. The summed E-state index contributed by atoms with van der Waals surface area (Å²) >= 11 is 2.15. The number of halogens is 1. The van der Waals surface area contributed by atoms with Crippen molar-refractivity contribution in [2.75, 3.05) is 19.5 Å². The highest BCUT2D eigenvalue weighted by Gasteiger charge is 2.11. The molecule has 1 aromatic carbocycles. The number of hydrogen-bond acceptors (Lipinski definition) is 7. The lowest BCUT2D eigenvalue weighted by atomic mass is 10.2. The lowest BCUT2D eigenvalue weighted by Gasteiger charge is -2.11. The minimum Gasteiger partial charge on any atom is -0.493 e. The second-order valence-corrected chi connectivity index (χ2v) is 5.54. The van der Waals surface area contributed by atoms with Gasteiger partial charge in [0.05, 0.1) is 19.7 Å². The third-order valence-corrected chi connectivity index (χ3v) is 3.55. The zero-order valence-corrected chi connectivity index (χ0v) is 14.0. The molecule has 0 fully saturated rings. The zero-order chi connectivity index (χ0) is 15.5. The average molecular weight is 409 g/mol. The van der Waals surface area contributed by atoms with Crippen LogP contribution < -0.4 is 14.8 Å². The Labute approximate surface area is 140 Å². The molecule has 0 amide bonds. The molecule has 0 bridgehead atoms. The number of nitrogens with zero attached hydrogens (tertiary/aromatic N) is 4. The van der Waals surface area contributed by atoms with Crippen LogP contribution in [0.1, 0.15) is 0 Å². The Bertz CT molecular complexity index is 810. The van der Waals surface area contributed by atoms with E-state index < -0.39 is 0 Å². The van der Waals surface area contributed by atoms with Crippen molar-refractivity contribution in [3.63, 3.8) is 0 Å². The third kappa shape index (κ3) is 2.86. The van der Waals surface area contributed by atoms with E-state index in [4.69, 9.17) is 9.47 Å². The van der Waals surface area contributed by atoms with Gasteiger partial charge in [-0.2, -0.15) is 0 Å². The maximum absolute atomic E-state index is 5.32. The monoisotopic (exact) mass is 409 g/mol. The molecule has 0 saturated heterocycles. The molecule has 0 spiro atoms. The van der Waals surface area contributed by atoms with E-state index in [2.05, 4.69) is 47.8 Å². The van der Waals surface area contributed by atoms with Crippen LogP contribution in [0.5, 0.6) is 11.5 Å². The molecule has 22 heavy (non-hydrogen) atoms. The van der Waals surface area contributed by atoms with Crippen molar-refractivity contribution >= 4 is 45.3 Å². The van der Waals surface area contributed by atoms with Gasteiger partial charge < -0.3 is 14.8 Å². The van der Waals surface area contributed by atoms with Crippen LogP contribution in [0.15, 0.2) is 30.9 Å². The van der Waals surface area contributed by atoms with Crippen LogP contribution in [0.25, 0.3) is 10.9 Å². The summed E-state index contributed by atoms with van der Waals surface area (Å²) in [5, 5.41) is 3.88. The number of rotatable bonds is 4. The standard InChI is InChI=1S/C14H12IN5O2/c1-21-11-3-9-10(4-12(11)22-2)18-7-19-13(9)20-14-16-5-8(15)6-17-14/h3-7H,1-2H3,(H,16,17,18,19,20). The van der Waals surface area contributed by atoms with E-state index in [1.165, 1.54) is 6.33 Å². The van der Waals surface area contributed by atoms with Gasteiger partial charge in [0.1, 0.15) is 12.1 Å². The van der Waals surface area contributed by atoms with E-state index in [0.29, 0.717) is 23.3 Å². The molecule has 0 saturated carbocycles. The molecule has 0 unspecified atom stereocenters. The Morgan fingerprint density at radius 1 is 0.955 bits per heavy atom. The second-order valence-electron chi connectivity index (χ2n) is 4.30. The first-order chi connectivity index (χ1) is 10.7. The normalized spacial score (nSPS) is 10.5.